The van der Waals surface area contributed by atoms with Gasteiger partial charge in [-0.05, 0) is 36.0 Å². The Kier molecular flexibility index (Phi) is 5.83. The first-order valence-corrected chi connectivity index (χ1v) is 8.13. The maximum Gasteiger partial charge on any atom is 0.227 e. The molecule has 2 unspecified atom stereocenters. The molecule has 1 aliphatic heterocycles. The molecule has 1 heterocycles. The number of aliphatic hydroxyl groups is 1. The lowest BCUT2D eigenvalue weighted by Gasteiger charge is -2.34. The molecule has 0 aliphatic carbocycles. The second-order valence-corrected chi connectivity index (χ2v) is 6.70. The van der Waals surface area contributed by atoms with Crippen molar-refractivity contribution in [3.63, 3.8) is 0 Å². The number of rotatable bonds is 5. The van der Waals surface area contributed by atoms with Gasteiger partial charge in [0.2, 0.25) is 5.91 Å². The zero-order chi connectivity index (χ0) is 16.1. The van der Waals surface area contributed by atoms with Gasteiger partial charge in [-0.2, -0.15) is 0 Å². The summed E-state index contributed by atoms with van der Waals surface area (Å²) in [4.78, 5) is 14.1. The minimum Gasteiger partial charge on any atom is -0.493 e. The second kappa shape index (κ2) is 7.63. The SMILES string of the molecule is CC(C)COc1ccc(CC(=O)N2CCC(C)C(O)C2)cc1. The third kappa shape index (κ3) is 4.73. The third-order valence-corrected chi connectivity index (χ3v) is 4.13. The summed E-state index contributed by atoms with van der Waals surface area (Å²) < 4.78 is 5.64. The van der Waals surface area contributed by atoms with Crippen LogP contribution in [0, 0.1) is 11.8 Å². The number of ether oxygens (including phenoxy) is 1. The summed E-state index contributed by atoms with van der Waals surface area (Å²) in [6, 6.07) is 7.71. The third-order valence-electron chi connectivity index (χ3n) is 4.13. The fourth-order valence-corrected chi connectivity index (χ4v) is 2.53. The van der Waals surface area contributed by atoms with Crippen LogP contribution in [-0.2, 0) is 11.2 Å². The van der Waals surface area contributed by atoms with Gasteiger partial charge in [-0.1, -0.05) is 32.9 Å². The highest BCUT2D eigenvalue weighted by atomic mass is 16.5. The van der Waals surface area contributed by atoms with Gasteiger partial charge in [0.25, 0.3) is 0 Å². The van der Waals surface area contributed by atoms with Gasteiger partial charge < -0.3 is 14.7 Å². The van der Waals surface area contributed by atoms with Gasteiger partial charge in [0.15, 0.2) is 0 Å². The van der Waals surface area contributed by atoms with Gasteiger partial charge in [0.05, 0.1) is 19.1 Å². The molecule has 1 aliphatic rings. The molecule has 1 aromatic carbocycles. The Bertz CT molecular complexity index is 484. The number of piperidine rings is 1. The zero-order valence-electron chi connectivity index (χ0n) is 13.8. The predicted molar refractivity (Wildman–Crippen MR) is 86.8 cm³/mol. The number of aliphatic hydroxyl groups excluding tert-OH is 1. The highest BCUT2D eigenvalue weighted by molar-refractivity contribution is 5.79. The summed E-state index contributed by atoms with van der Waals surface area (Å²) in [5, 5.41) is 9.89. The van der Waals surface area contributed by atoms with E-state index in [0.717, 1.165) is 24.3 Å². The van der Waals surface area contributed by atoms with Crippen molar-refractivity contribution in [1.29, 1.82) is 0 Å². The highest BCUT2D eigenvalue weighted by Gasteiger charge is 2.27. The van der Waals surface area contributed by atoms with E-state index >= 15 is 0 Å². The molecule has 1 N–H and O–H groups in total. The van der Waals surface area contributed by atoms with Crippen LogP contribution in [-0.4, -0.2) is 41.7 Å². The molecule has 1 saturated heterocycles. The van der Waals surface area contributed by atoms with Crippen LogP contribution >= 0.6 is 0 Å². The molecule has 1 aromatic rings. The minimum atomic E-state index is -0.399. The van der Waals surface area contributed by atoms with Gasteiger partial charge in [0, 0.05) is 13.1 Å². The number of carbonyl (C=O) groups is 1. The smallest absolute Gasteiger partial charge is 0.227 e. The van der Waals surface area contributed by atoms with E-state index in [-0.39, 0.29) is 11.8 Å². The van der Waals surface area contributed by atoms with E-state index in [2.05, 4.69) is 13.8 Å². The van der Waals surface area contributed by atoms with E-state index in [1.54, 1.807) is 4.90 Å². The fourth-order valence-electron chi connectivity index (χ4n) is 2.53. The van der Waals surface area contributed by atoms with Crippen molar-refractivity contribution in [2.24, 2.45) is 11.8 Å². The van der Waals surface area contributed by atoms with E-state index < -0.39 is 6.10 Å². The average Bonchev–Trinajstić information content (AvgIpc) is 2.49. The Morgan fingerprint density at radius 3 is 2.64 bits per heavy atom. The first kappa shape index (κ1) is 16.8. The molecule has 2 rings (SSSR count). The van der Waals surface area contributed by atoms with Crippen LogP contribution in [0.1, 0.15) is 32.8 Å². The van der Waals surface area contributed by atoms with Crippen molar-refractivity contribution < 1.29 is 14.6 Å². The van der Waals surface area contributed by atoms with E-state index in [1.807, 2.05) is 31.2 Å². The number of hydrogen-bond donors (Lipinski definition) is 1. The van der Waals surface area contributed by atoms with Crippen LogP contribution in [0.3, 0.4) is 0 Å². The van der Waals surface area contributed by atoms with Gasteiger partial charge in [-0.3, -0.25) is 4.79 Å². The molecule has 0 saturated carbocycles. The lowest BCUT2D eigenvalue weighted by atomic mass is 9.95. The van der Waals surface area contributed by atoms with E-state index in [9.17, 15) is 9.90 Å². The first-order valence-electron chi connectivity index (χ1n) is 8.13. The Balaban J connectivity index is 1.86. The van der Waals surface area contributed by atoms with E-state index in [0.29, 0.717) is 25.5 Å². The first-order chi connectivity index (χ1) is 10.5. The Morgan fingerprint density at radius 1 is 1.36 bits per heavy atom. The van der Waals surface area contributed by atoms with Gasteiger partial charge in [-0.25, -0.2) is 0 Å². The molecule has 1 fully saturated rings. The number of likely N-dealkylation sites (tertiary alicyclic amines) is 1. The van der Waals surface area contributed by atoms with Crippen LogP contribution < -0.4 is 4.74 Å². The topological polar surface area (TPSA) is 49.8 Å². The summed E-state index contributed by atoms with van der Waals surface area (Å²) in [5.41, 5.74) is 0.981. The molecule has 0 bridgehead atoms. The number of nitrogens with zero attached hydrogens (tertiary/aromatic N) is 1. The number of hydrogen-bond acceptors (Lipinski definition) is 3. The second-order valence-electron chi connectivity index (χ2n) is 6.70. The van der Waals surface area contributed by atoms with Crippen LogP contribution in [0.2, 0.25) is 0 Å². The lowest BCUT2D eigenvalue weighted by molar-refractivity contribution is -0.134. The van der Waals surface area contributed by atoms with E-state index in [1.165, 1.54) is 0 Å². The normalized spacial score (nSPS) is 22.0. The molecule has 2 atom stereocenters. The lowest BCUT2D eigenvalue weighted by Crippen LogP contribution is -2.46. The summed E-state index contributed by atoms with van der Waals surface area (Å²) in [7, 11) is 0. The Labute approximate surface area is 133 Å². The van der Waals surface area contributed by atoms with Crippen molar-refractivity contribution in [2.45, 2.75) is 39.7 Å². The molecular formula is C18H27NO3. The van der Waals surface area contributed by atoms with Crippen molar-refractivity contribution in [3.8, 4) is 5.75 Å². The molecule has 4 nitrogen and oxygen atoms in total. The molecule has 122 valence electrons. The van der Waals surface area contributed by atoms with Crippen LogP contribution in [0.5, 0.6) is 5.75 Å². The average molecular weight is 305 g/mol. The fraction of sp³-hybridized carbons (Fsp3) is 0.611. The van der Waals surface area contributed by atoms with Crippen molar-refractivity contribution in [3.05, 3.63) is 29.8 Å². The monoisotopic (exact) mass is 305 g/mol. The largest absolute Gasteiger partial charge is 0.493 e. The summed E-state index contributed by atoms with van der Waals surface area (Å²) in [5.74, 6) is 1.70. The Hall–Kier alpha value is -1.55. The minimum absolute atomic E-state index is 0.0850. The molecule has 1 amide bonds. The zero-order valence-corrected chi connectivity index (χ0v) is 13.8. The highest BCUT2D eigenvalue weighted by Crippen LogP contribution is 2.19. The van der Waals surface area contributed by atoms with Crippen molar-refractivity contribution in [1.82, 2.24) is 4.90 Å². The van der Waals surface area contributed by atoms with Crippen LogP contribution in [0.15, 0.2) is 24.3 Å². The molecule has 4 heteroatoms. The Morgan fingerprint density at radius 2 is 2.05 bits per heavy atom. The summed E-state index contributed by atoms with van der Waals surface area (Å²) >= 11 is 0. The number of benzene rings is 1. The summed E-state index contributed by atoms with van der Waals surface area (Å²) in [6.07, 6.45) is 0.852. The summed E-state index contributed by atoms with van der Waals surface area (Å²) in [6.45, 7) is 8.15. The predicted octanol–water partition coefficient (Wildman–Crippen LogP) is 2.49. The molecule has 0 aromatic heterocycles. The molecule has 0 spiro atoms. The van der Waals surface area contributed by atoms with E-state index in [4.69, 9.17) is 4.74 Å². The quantitative estimate of drug-likeness (QED) is 0.909. The van der Waals surface area contributed by atoms with Gasteiger partial charge in [0.1, 0.15) is 5.75 Å². The van der Waals surface area contributed by atoms with Crippen molar-refractivity contribution in [2.75, 3.05) is 19.7 Å². The van der Waals surface area contributed by atoms with Crippen LogP contribution in [0.25, 0.3) is 0 Å². The van der Waals surface area contributed by atoms with Gasteiger partial charge >= 0.3 is 0 Å². The van der Waals surface area contributed by atoms with Crippen molar-refractivity contribution >= 4 is 5.91 Å². The number of β-amino-alcohol motifs (C(OH)–C–C–N with tert-alkyl or cyclic N) is 1. The number of carbonyl (C=O) groups excluding carboxylic acids is 1. The van der Waals surface area contributed by atoms with Crippen LogP contribution in [0.4, 0.5) is 0 Å². The maximum absolute atomic E-state index is 12.3. The standard InChI is InChI=1S/C18H27NO3/c1-13(2)12-22-16-6-4-15(5-7-16)10-18(21)19-9-8-14(3)17(20)11-19/h4-7,13-14,17,20H,8-12H2,1-3H3. The molecular weight excluding hydrogens is 278 g/mol. The molecule has 0 radical (unpaired) electrons. The number of amides is 1. The maximum atomic E-state index is 12.3. The molecule has 22 heavy (non-hydrogen) atoms. The van der Waals surface area contributed by atoms with Gasteiger partial charge in [-0.15, -0.1) is 0 Å².